The van der Waals surface area contributed by atoms with Gasteiger partial charge in [0.1, 0.15) is 23.5 Å². The predicted molar refractivity (Wildman–Crippen MR) is 114 cm³/mol. The van der Waals surface area contributed by atoms with Crippen molar-refractivity contribution in [2.75, 3.05) is 18.0 Å². The predicted octanol–water partition coefficient (Wildman–Crippen LogP) is 2.11. The number of carboxylic acid groups (broad SMARTS) is 1. The number of ether oxygens (including phenoxy) is 1. The highest BCUT2D eigenvalue weighted by Crippen LogP contribution is 2.38. The van der Waals surface area contributed by atoms with Crippen LogP contribution in [-0.4, -0.2) is 46.8 Å². The van der Waals surface area contributed by atoms with Crippen molar-refractivity contribution in [3.63, 3.8) is 0 Å². The molecule has 3 heterocycles. The molecular weight excluding hydrogens is 405 g/mol. The third-order valence-electron chi connectivity index (χ3n) is 5.96. The smallest absolute Gasteiger partial charge is 0.341 e. The number of nitrogens with two attached hydrogens (primary N) is 1. The van der Waals surface area contributed by atoms with Gasteiger partial charge in [-0.05, 0) is 25.8 Å². The third-order valence-corrected chi connectivity index (χ3v) is 5.96. The van der Waals surface area contributed by atoms with Crippen LogP contribution in [0.4, 0.5) is 10.1 Å². The first-order valence-corrected chi connectivity index (χ1v) is 10.2. The van der Waals surface area contributed by atoms with E-state index in [2.05, 4.69) is 6.58 Å². The van der Waals surface area contributed by atoms with E-state index in [4.69, 9.17) is 10.5 Å². The Kier molecular flexibility index (Phi) is 5.30. The Morgan fingerprint density at radius 3 is 2.61 bits per heavy atom. The summed E-state index contributed by atoms with van der Waals surface area (Å²) >= 11 is 0. The molecule has 0 radical (unpaired) electrons. The number of nitrogens with zero attached hydrogens (tertiary/aromatic N) is 2. The average molecular weight is 429 g/mol. The van der Waals surface area contributed by atoms with Crippen molar-refractivity contribution in [2.24, 2.45) is 5.73 Å². The molecule has 31 heavy (non-hydrogen) atoms. The number of halogens is 1. The molecule has 1 fully saturated rings. The number of aromatic nitrogens is 1. The lowest BCUT2D eigenvalue weighted by Gasteiger charge is -2.36. The molecule has 8 nitrogen and oxygen atoms in total. The molecule has 164 valence electrons. The summed E-state index contributed by atoms with van der Waals surface area (Å²) in [6.45, 7) is 6.51. The highest BCUT2D eigenvalue weighted by atomic mass is 19.1. The topological polar surface area (TPSA) is 115 Å². The molecule has 3 N–H and O–H groups in total. The lowest BCUT2D eigenvalue weighted by Crippen LogP contribution is -2.41. The fraction of sp³-hybridized carbons (Fsp3) is 0.409. The molecule has 1 atom stereocenters. The number of benzene rings is 1. The van der Waals surface area contributed by atoms with Crippen molar-refractivity contribution in [3.8, 4) is 0 Å². The number of carboxylic acids is 1. The number of esters is 1. The van der Waals surface area contributed by atoms with Crippen LogP contribution in [0.15, 0.2) is 23.6 Å². The number of piperidine rings is 1. The summed E-state index contributed by atoms with van der Waals surface area (Å²) in [5.74, 6) is -2.38. The molecule has 2 aromatic rings. The van der Waals surface area contributed by atoms with Gasteiger partial charge in [0.05, 0.1) is 16.6 Å². The van der Waals surface area contributed by atoms with Crippen LogP contribution in [0, 0.1) is 5.82 Å². The molecular formula is C22H24FN3O5. The number of pyridine rings is 1. The van der Waals surface area contributed by atoms with Crippen molar-refractivity contribution in [1.82, 2.24) is 4.57 Å². The van der Waals surface area contributed by atoms with Crippen LogP contribution >= 0.6 is 0 Å². The Bertz CT molecular complexity index is 1160. The minimum Gasteiger partial charge on any atom is -0.477 e. The minimum atomic E-state index is -1.36. The Morgan fingerprint density at radius 1 is 1.32 bits per heavy atom. The number of rotatable bonds is 4. The van der Waals surface area contributed by atoms with E-state index in [0.29, 0.717) is 61.2 Å². The summed E-state index contributed by atoms with van der Waals surface area (Å²) in [6.07, 6.45) is 3.08. The monoisotopic (exact) mass is 429 g/mol. The number of hydrogen-bond acceptors (Lipinski definition) is 6. The molecule has 0 spiro atoms. The molecule has 1 unspecified atom stereocenters. The van der Waals surface area contributed by atoms with Crippen molar-refractivity contribution < 1.29 is 23.8 Å². The fourth-order valence-electron chi connectivity index (χ4n) is 4.37. The van der Waals surface area contributed by atoms with Gasteiger partial charge in [-0.1, -0.05) is 6.58 Å². The summed E-state index contributed by atoms with van der Waals surface area (Å²) < 4.78 is 22.3. The first-order chi connectivity index (χ1) is 14.7. The maximum absolute atomic E-state index is 15.3. The number of carbonyl (C=O) groups is 2. The molecule has 1 aromatic heterocycles. The van der Waals surface area contributed by atoms with Gasteiger partial charge in [-0.25, -0.2) is 9.18 Å². The van der Waals surface area contributed by atoms with Gasteiger partial charge < -0.3 is 25.0 Å². The number of aryl methyl sites for hydroxylation is 1. The summed E-state index contributed by atoms with van der Waals surface area (Å²) in [4.78, 5) is 37.8. The number of aromatic carboxylic acids is 1. The average Bonchev–Trinajstić information content (AvgIpc) is 2.72. The van der Waals surface area contributed by atoms with Crippen molar-refractivity contribution >= 4 is 34.2 Å². The van der Waals surface area contributed by atoms with Crippen LogP contribution in [0.25, 0.3) is 16.6 Å². The quantitative estimate of drug-likeness (QED) is 0.716. The zero-order chi connectivity index (χ0) is 22.4. The second-order valence-corrected chi connectivity index (χ2v) is 8.11. The standard InChI is InChI=1S/C22H24FN3O5/c1-11-3-4-14-18-15(20(27)16(21(28)29)10-26(11)18)9-17(23)19(14)25-7-5-13(6-8-25)31-22(30)12(2)24/h9-10,12-13H,1,3-8,24H2,2H3,(H,28,29). The highest BCUT2D eigenvalue weighted by Gasteiger charge is 2.30. The van der Waals surface area contributed by atoms with Crippen molar-refractivity contribution in [1.29, 1.82) is 0 Å². The van der Waals surface area contributed by atoms with Gasteiger partial charge in [0.15, 0.2) is 0 Å². The van der Waals surface area contributed by atoms with Gasteiger partial charge in [-0.15, -0.1) is 0 Å². The van der Waals surface area contributed by atoms with E-state index in [1.807, 2.05) is 4.90 Å². The minimum absolute atomic E-state index is 0.0396. The highest BCUT2D eigenvalue weighted by molar-refractivity contribution is 5.97. The molecule has 2 aliphatic rings. The van der Waals surface area contributed by atoms with Crippen LogP contribution in [0.2, 0.25) is 0 Å². The van der Waals surface area contributed by atoms with Gasteiger partial charge in [0.25, 0.3) is 0 Å². The Morgan fingerprint density at radius 2 is 2.00 bits per heavy atom. The van der Waals surface area contributed by atoms with E-state index in [0.717, 1.165) is 6.07 Å². The van der Waals surface area contributed by atoms with Crippen LogP contribution in [0.5, 0.6) is 0 Å². The summed E-state index contributed by atoms with van der Waals surface area (Å²) in [5.41, 5.74) is 6.67. The Balaban J connectivity index is 1.74. The second-order valence-electron chi connectivity index (χ2n) is 8.11. The SMILES string of the molecule is C=C1CCc2c(N3CCC(OC(=O)C(C)N)CC3)c(F)cc3c(=O)c(C(=O)O)cn1c23. The van der Waals surface area contributed by atoms with Crippen molar-refractivity contribution in [3.05, 3.63) is 46.0 Å². The molecule has 1 saturated heterocycles. The second kappa shape index (κ2) is 7.81. The maximum Gasteiger partial charge on any atom is 0.341 e. The van der Waals surface area contributed by atoms with Crippen LogP contribution in [-0.2, 0) is 16.0 Å². The number of anilines is 1. The zero-order valence-electron chi connectivity index (χ0n) is 17.2. The summed E-state index contributed by atoms with van der Waals surface area (Å²) in [5, 5.41) is 9.42. The first kappa shape index (κ1) is 21.0. The molecule has 0 bridgehead atoms. The lowest BCUT2D eigenvalue weighted by atomic mass is 9.94. The Hall–Kier alpha value is -3.20. The van der Waals surface area contributed by atoms with Gasteiger partial charge in [0, 0.05) is 43.4 Å². The molecule has 2 aliphatic heterocycles. The van der Waals surface area contributed by atoms with Crippen LogP contribution in [0.1, 0.15) is 42.1 Å². The molecule has 9 heteroatoms. The summed E-state index contributed by atoms with van der Waals surface area (Å²) in [7, 11) is 0. The fourth-order valence-corrected chi connectivity index (χ4v) is 4.37. The van der Waals surface area contributed by atoms with E-state index in [1.54, 1.807) is 11.5 Å². The molecule has 1 aromatic carbocycles. The largest absolute Gasteiger partial charge is 0.477 e. The van der Waals surface area contributed by atoms with Gasteiger partial charge >= 0.3 is 11.9 Å². The summed E-state index contributed by atoms with van der Waals surface area (Å²) in [6, 6.07) is 0.432. The van der Waals surface area contributed by atoms with Crippen LogP contribution < -0.4 is 16.1 Å². The van der Waals surface area contributed by atoms with E-state index in [-0.39, 0.29) is 11.5 Å². The molecule has 4 rings (SSSR count). The van der Waals surface area contributed by atoms with E-state index < -0.39 is 34.8 Å². The van der Waals surface area contributed by atoms with E-state index in [9.17, 15) is 19.5 Å². The first-order valence-electron chi connectivity index (χ1n) is 10.2. The molecule has 0 saturated carbocycles. The van der Waals surface area contributed by atoms with E-state index in [1.165, 1.54) is 6.20 Å². The van der Waals surface area contributed by atoms with Crippen LogP contribution in [0.3, 0.4) is 0 Å². The number of carbonyl (C=O) groups excluding carboxylic acids is 1. The molecule has 0 aliphatic carbocycles. The number of hydrogen-bond donors (Lipinski definition) is 2. The van der Waals surface area contributed by atoms with Gasteiger partial charge in [0.2, 0.25) is 5.43 Å². The van der Waals surface area contributed by atoms with E-state index >= 15 is 4.39 Å². The number of allylic oxidation sites excluding steroid dienone is 1. The zero-order valence-corrected chi connectivity index (χ0v) is 17.2. The van der Waals surface area contributed by atoms with Gasteiger partial charge in [-0.2, -0.15) is 0 Å². The normalized spacial score (nSPS) is 17.6. The maximum atomic E-state index is 15.3. The third kappa shape index (κ3) is 3.59. The Labute approximate surface area is 177 Å². The van der Waals surface area contributed by atoms with Gasteiger partial charge in [-0.3, -0.25) is 9.59 Å². The van der Waals surface area contributed by atoms with Crippen molar-refractivity contribution in [2.45, 2.75) is 44.8 Å². The lowest BCUT2D eigenvalue weighted by molar-refractivity contribution is -0.151. The molecule has 0 amide bonds.